The van der Waals surface area contributed by atoms with Crippen LogP contribution in [-0.4, -0.2) is 31.5 Å². The molecule has 2 unspecified atom stereocenters. The highest BCUT2D eigenvalue weighted by molar-refractivity contribution is 5.47. The topological polar surface area (TPSA) is 50.7 Å². The van der Waals surface area contributed by atoms with Gasteiger partial charge < -0.3 is 19.9 Å². The van der Waals surface area contributed by atoms with Crippen molar-refractivity contribution in [3.05, 3.63) is 23.3 Å². The summed E-state index contributed by atoms with van der Waals surface area (Å²) >= 11 is 0. The molecule has 4 nitrogen and oxygen atoms in total. The minimum Gasteiger partial charge on any atom is -0.493 e. The number of aryl methyl sites for hydroxylation is 1. The van der Waals surface area contributed by atoms with Crippen LogP contribution in [0.1, 0.15) is 36.8 Å². The van der Waals surface area contributed by atoms with Crippen LogP contribution >= 0.6 is 0 Å². The second-order valence-corrected chi connectivity index (χ2v) is 5.47. The van der Waals surface area contributed by atoms with Gasteiger partial charge >= 0.3 is 0 Å². The number of methoxy groups -OCH3 is 2. The number of ether oxygens (including phenoxy) is 2. The second kappa shape index (κ2) is 6.95. The van der Waals surface area contributed by atoms with Crippen molar-refractivity contribution < 1.29 is 14.6 Å². The van der Waals surface area contributed by atoms with Crippen molar-refractivity contribution in [1.29, 1.82) is 0 Å². The molecule has 0 amide bonds. The maximum atomic E-state index is 9.99. The highest BCUT2D eigenvalue weighted by Crippen LogP contribution is 2.30. The number of benzene rings is 1. The standard InChI is InChI=1S/C16H25NO3/c1-11-8-15(19-2)16(20-3)9-12(11)10-17-13-6-4-5-7-14(13)18/h8-9,13-14,17-18H,4-7,10H2,1-3H3. The lowest BCUT2D eigenvalue weighted by molar-refractivity contribution is 0.0902. The summed E-state index contributed by atoms with van der Waals surface area (Å²) in [4.78, 5) is 0. The number of rotatable bonds is 5. The lowest BCUT2D eigenvalue weighted by atomic mass is 9.92. The molecule has 0 bridgehead atoms. The number of aliphatic hydroxyl groups is 1. The molecule has 0 aromatic heterocycles. The van der Waals surface area contributed by atoms with Crippen LogP contribution in [0.5, 0.6) is 11.5 Å². The molecule has 2 atom stereocenters. The Hall–Kier alpha value is -1.26. The summed E-state index contributed by atoms with van der Waals surface area (Å²) in [5.74, 6) is 1.51. The van der Waals surface area contributed by atoms with Crippen molar-refractivity contribution >= 4 is 0 Å². The lowest BCUT2D eigenvalue weighted by Gasteiger charge is -2.28. The quantitative estimate of drug-likeness (QED) is 0.869. The van der Waals surface area contributed by atoms with Gasteiger partial charge in [0, 0.05) is 12.6 Å². The highest BCUT2D eigenvalue weighted by Gasteiger charge is 2.22. The molecule has 1 fully saturated rings. The molecule has 2 rings (SSSR count). The molecule has 1 aliphatic rings. The third-order valence-corrected chi connectivity index (χ3v) is 4.13. The van der Waals surface area contributed by atoms with Gasteiger partial charge in [0.1, 0.15) is 0 Å². The molecule has 0 heterocycles. The van der Waals surface area contributed by atoms with E-state index in [4.69, 9.17) is 9.47 Å². The molecular formula is C16H25NO3. The smallest absolute Gasteiger partial charge is 0.161 e. The molecule has 0 radical (unpaired) electrons. The molecule has 20 heavy (non-hydrogen) atoms. The first-order valence-electron chi connectivity index (χ1n) is 7.28. The van der Waals surface area contributed by atoms with Crippen molar-refractivity contribution in [2.45, 2.75) is 51.3 Å². The Morgan fingerprint density at radius 3 is 2.45 bits per heavy atom. The maximum absolute atomic E-state index is 9.99. The predicted molar refractivity (Wildman–Crippen MR) is 79.4 cm³/mol. The molecule has 1 saturated carbocycles. The van der Waals surface area contributed by atoms with Crippen LogP contribution in [0.4, 0.5) is 0 Å². The average molecular weight is 279 g/mol. The van der Waals surface area contributed by atoms with E-state index >= 15 is 0 Å². The third kappa shape index (κ3) is 3.44. The minimum absolute atomic E-state index is 0.205. The van der Waals surface area contributed by atoms with Crippen molar-refractivity contribution in [3.63, 3.8) is 0 Å². The summed E-state index contributed by atoms with van der Waals surface area (Å²) in [5, 5.41) is 13.5. The summed E-state index contributed by atoms with van der Waals surface area (Å²) in [6.45, 7) is 2.81. The largest absolute Gasteiger partial charge is 0.493 e. The Labute approximate surface area is 121 Å². The zero-order valence-electron chi connectivity index (χ0n) is 12.6. The monoisotopic (exact) mass is 279 g/mol. The Balaban J connectivity index is 2.05. The third-order valence-electron chi connectivity index (χ3n) is 4.13. The van der Waals surface area contributed by atoms with E-state index in [2.05, 4.69) is 12.2 Å². The minimum atomic E-state index is -0.218. The fraction of sp³-hybridized carbons (Fsp3) is 0.625. The highest BCUT2D eigenvalue weighted by atomic mass is 16.5. The molecule has 1 aromatic carbocycles. The van der Waals surface area contributed by atoms with E-state index in [1.807, 2.05) is 12.1 Å². The molecule has 0 saturated heterocycles. The van der Waals surface area contributed by atoms with Gasteiger partial charge in [-0.2, -0.15) is 0 Å². The fourth-order valence-corrected chi connectivity index (χ4v) is 2.80. The number of hydrogen-bond donors (Lipinski definition) is 2. The molecule has 0 spiro atoms. The van der Waals surface area contributed by atoms with Gasteiger partial charge in [-0.25, -0.2) is 0 Å². The fourth-order valence-electron chi connectivity index (χ4n) is 2.80. The van der Waals surface area contributed by atoms with Crippen molar-refractivity contribution in [3.8, 4) is 11.5 Å². The summed E-state index contributed by atoms with van der Waals surface area (Å²) in [7, 11) is 3.29. The molecule has 2 N–H and O–H groups in total. The van der Waals surface area contributed by atoms with Crippen LogP contribution in [0.2, 0.25) is 0 Å². The summed E-state index contributed by atoms with van der Waals surface area (Å²) in [6.07, 6.45) is 4.06. The zero-order chi connectivity index (χ0) is 14.5. The number of hydrogen-bond acceptors (Lipinski definition) is 4. The summed E-state index contributed by atoms with van der Waals surface area (Å²) in [6, 6.07) is 4.21. The average Bonchev–Trinajstić information content (AvgIpc) is 2.47. The van der Waals surface area contributed by atoms with Crippen molar-refractivity contribution in [1.82, 2.24) is 5.32 Å². The summed E-state index contributed by atoms with van der Waals surface area (Å²) < 4.78 is 10.6. The van der Waals surface area contributed by atoms with Gasteiger partial charge in [0.15, 0.2) is 11.5 Å². The van der Waals surface area contributed by atoms with Gasteiger partial charge in [0.05, 0.1) is 20.3 Å². The van der Waals surface area contributed by atoms with Gasteiger partial charge in [0.2, 0.25) is 0 Å². The molecule has 0 aliphatic heterocycles. The second-order valence-electron chi connectivity index (χ2n) is 5.47. The first-order chi connectivity index (χ1) is 9.65. The van der Waals surface area contributed by atoms with Crippen LogP contribution < -0.4 is 14.8 Å². The van der Waals surface area contributed by atoms with Crippen LogP contribution in [0, 0.1) is 6.92 Å². The van der Waals surface area contributed by atoms with Crippen molar-refractivity contribution in [2.75, 3.05) is 14.2 Å². The van der Waals surface area contributed by atoms with Crippen LogP contribution in [0.25, 0.3) is 0 Å². The molecule has 1 aliphatic carbocycles. The Bertz CT molecular complexity index is 448. The van der Waals surface area contributed by atoms with Gasteiger partial charge in [-0.1, -0.05) is 12.8 Å². The van der Waals surface area contributed by atoms with E-state index in [0.29, 0.717) is 0 Å². The van der Waals surface area contributed by atoms with Gasteiger partial charge in [0.25, 0.3) is 0 Å². The molecular weight excluding hydrogens is 254 g/mol. The Kier molecular flexibility index (Phi) is 5.26. The van der Waals surface area contributed by atoms with E-state index in [1.165, 1.54) is 17.5 Å². The number of nitrogens with one attached hydrogen (secondary N) is 1. The van der Waals surface area contributed by atoms with E-state index in [1.54, 1.807) is 14.2 Å². The molecule has 112 valence electrons. The van der Waals surface area contributed by atoms with E-state index in [0.717, 1.165) is 37.3 Å². The van der Waals surface area contributed by atoms with Gasteiger partial charge in [-0.15, -0.1) is 0 Å². The van der Waals surface area contributed by atoms with Crippen molar-refractivity contribution in [2.24, 2.45) is 0 Å². The Morgan fingerprint density at radius 1 is 1.15 bits per heavy atom. The number of aliphatic hydroxyl groups excluding tert-OH is 1. The first kappa shape index (κ1) is 15.1. The maximum Gasteiger partial charge on any atom is 0.161 e. The molecule has 4 heteroatoms. The van der Waals surface area contributed by atoms with Gasteiger partial charge in [-0.3, -0.25) is 0 Å². The normalized spacial score (nSPS) is 22.6. The van der Waals surface area contributed by atoms with E-state index in [9.17, 15) is 5.11 Å². The summed E-state index contributed by atoms with van der Waals surface area (Å²) in [5.41, 5.74) is 2.35. The molecule has 1 aromatic rings. The van der Waals surface area contributed by atoms with Gasteiger partial charge in [-0.05, 0) is 43.0 Å². The van der Waals surface area contributed by atoms with E-state index in [-0.39, 0.29) is 12.1 Å². The zero-order valence-corrected chi connectivity index (χ0v) is 12.6. The van der Waals surface area contributed by atoms with Crippen LogP contribution in [0.3, 0.4) is 0 Å². The van der Waals surface area contributed by atoms with E-state index < -0.39 is 0 Å². The first-order valence-corrected chi connectivity index (χ1v) is 7.28. The Morgan fingerprint density at radius 2 is 1.80 bits per heavy atom. The van der Waals surface area contributed by atoms with Crippen LogP contribution in [0.15, 0.2) is 12.1 Å². The van der Waals surface area contributed by atoms with Crippen LogP contribution in [-0.2, 0) is 6.54 Å². The predicted octanol–water partition coefficient (Wildman–Crippen LogP) is 2.41. The SMILES string of the molecule is COc1cc(C)c(CNC2CCCCC2O)cc1OC. The lowest BCUT2D eigenvalue weighted by Crippen LogP contribution is -2.41.